The van der Waals surface area contributed by atoms with E-state index in [-0.39, 0.29) is 11.7 Å². The van der Waals surface area contributed by atoms with Gasteiger partial charge in [-0.05, 0) is 18.4 Å². The minimum atomic E-state index is -4.54. The second-order valence-corrected chi connectivity index (χ2v) is 11.8. The third-order valence-electron chi connectivity index (χ3n) is 6.94. The fourth-order valence-electron chi connectivity index (χ4n) is 4.85. The molecule has 5 aromatic rings. The molecule has 1 aromatic carbocycles. The maximum absolute atomic E-state index is 13.1. The number of aryl methyl sites for hydroxylation is 1. The molecule has 0 aliphatic heterocycles. The minimum Gasteiger partial charge on any atom is -0.480 e. The Morgan fingerprint density at radius 2 is 1.78 bits per heavy atom. The average Bonchev–Trinajstić information content (AvgIpc) is 3.60. The number of imidazole rings is 1. The first kappa shape index (κ1) is 26.9. The van der Waals surface area contributed by atoms with Crippen molar-refractivity contribution >= 4 is 21.1 Å². The quantitative estimate of drug-likeness (QED) is 0.273. The zero-order valence-electron chi connectivity index (χ0n) is 22.2. The van der Waals surface area contributed by atoms with Gasteiger partial charge in [-0.2, -0.15) is 13.2 Å². The molecule has 0 radical (unpaired) electrons. The van der Waals surface area contributed by atoms with E-state index in [1.807, 2.05) is 0 Å². The number of nitrogens with zero attached hydrogens (tertiary/aromatic N) is 7. The number of halogens is 3. The number of rotatable bonds is 7. The topological polar surface area (TPSA) is 118 Å². The summed E-state index contributed by atoms with van der Waals surface area (Å²) in [5.41, 5.74) is 3.10. The summed E-state index contributed by atoms with van der Waals surface area (Å²) in [6, 6.07) is 6.90. The van der Waals surface area contributed by atoms with Crippen molar-refractivity contribution in [3.05, 3.63) is 71.7 Å². The zero-order valence-corrected chi connectivity index (χ0v) is 23.0. The van der Waals surface area contributed by atoms with E-state index in [4.69, 9.17) is 9.72 Å². The molecule has 41 heavy (non-hydrogen) atoms. The summed E-state index contributed by atoms with van der Waals surface area (Å²) in [6.07, 6.45) is 4.20. The van der Waals surface area contributed by atoms with Crippen molar-refractivity contribution in [2.24, 2.45) is 7.05 Å². The Morgan fingerprint density at radius 3 is 2.39 bits per heavy atom. The van der Waals surface area contributed by atoms with Gasteiger partial charge < -0.3 is 9.30 Å². The van der Waals surface area contributed by atoms with Gasteiger partial charge in [-0.3, -0.25) is 0 Å². The number of hydrogen-bond donors (Lipinski definition) is 0. The van der Waals surface area contributed by atoms with Crippen LogP contribution in [0.3, 0.4) is 0 Å². The summed E-state index contributed by atoms with van der Waals surface area (Å²) in [6.45, 7) is 0. The lowest BCUT2D eigenvalue weighted by Gasteiger charge is -2.11. The lowest BCUT2D eigenvalue weighted by atomic mass is 10.0. The van der Waals surface area contributed by atoms with Crippen LogP contribution in [-0.4, -0.2) is 55.2 Å². The molecule has 212 valence electrons. The number of fused-ring (bicyclic) bond motifs is 1. The van der Waals surface area contributed by atoms with Crippen LogP contribution in [0.4, 0.5) is 13.2 Å². The highest BCUT2D eigenvalue weighted by atomic mass is 32.2. The first-order valence-corrected chi connectivity index (χ1v) is 14.5. The molecule has 0 bridgehead atoms. The summed E-state index contributed by atoms with van der Waals surface area (Å²) in [4.78, 5) is 21.7. The minimum absolute atomic E-state index is 0.181. The highest BCUT2D eigenvalue weighted by Gasteiger charge is 2.35. The predicted octanol–water partition coefficient (Wildman–Crippen LogP) is 4.59. The predicted molar refractivity (Wildman–Crippen MR) is 144 cm³/mol. The summed E-state index contributed by atoms with van der Waals surface area (Å²) >= 11 is 0. The first-order valence-electron chi connectivity index (χ1n) is 12.6. The highest BCUT2D eigenvalue weighted by molar-refractivity contribution is 7.89. The Balaban J connectivity index is 1.41. The van der Waals surface area contributed by atoms with E-state index in [0.29, 0.717) is 45.8 Å². The van der Waals surface area contributed by atoms with Crippen LogP contribution in [0.2, 0.25) is 0 Å². The van der Waals surface area contributed by atoms with Gasteiger partial charge >= 0.3 is 6.18 Å². The summed E-state index contributed by atoms with van der Waals surface area (Å²) < 4.78 is 72.5. The van der Waals surface area contributed by atoms with Crippen molar-refractivity contribution in [3.8, 4) is 28.7 Å². The van der Waals surface area contributed by atoms with Crippen LogP contribution in [-0.2, 0) is 29.7 Å². The van der Waals surface area contributed by atoms with Gasteiger partial charge in [-0.25, -0.2) is 37.3 Å². The lowest BCUT2D eigenvalue weighted by Crippen LogP contribution is -2.09. The van der Waals surface area contributed by atoms with Crippen LogP contribution < -0.4 is 4.74 Å². The van der Waals surface area contributed by atoms with Crippen molar-refractivity contribution in [2.45, 2.75) is 31.4 Å². The maximum atomic E-state index is 13.1. The molecule has 0 amide bonds. The SMILES string of the molecule is COc1ncnc(C2CC2)c1-c1ncc2c(n1)c(Cc1ccc(-c3nc(C(F)(F)F)cn3C)cc1)cn2S(C)(=O)=O. The Hall–Kier alpha value is -4.33. The van der Waals surface area contributed by atoms with E-state index in [0.717, 1.165) is 40.5 Å². The molecule has 14 heteroatoms. The number of methoxy groups -OCH3 is 1. The standard InChI is InChI=1S/C27H24F3N7O3S/c1-36-13-20(27(28,29)30)34-25(36)17-6-4-15(5-7-17)10-18-12-37(41(3,38)39)19-11-31-24(35-22(18)19)21-23(16-8-9-16)32-14-33-26(21)40-2/h4-7,11-14,16H,8-10H2,1-3H3. The smallest absolute Gasteiger partial charge is 0.434 e. The second kappa shape index (κ2) is 9.65. The molecule has 4 heterocycles. The van der Waals surface area contributed by atoms with E-state index in [2.05, 4.69) is 19.9 Å². The zero-order chi connectivity index (χ0) is 29.1. The largest absolute Gasteiger partial charge is 0.480 e. The molecule has 0 spiro atoms. The lowest BCUT2D eigenvalue weighted by molar-refractivity contribution is -0.140. The van der Waals surface area contributed by atoms with Gasteiger partial charge in [-0.1, -0.05) is 24.3 Å². The number of alkyl halides is 3. The van der Waals surface area contributed by atoms with Gasteiger partial charge in [0.25, 0.3) is 0 Å². The third-order valence-corrected chi connectivity index (χ3v) is 7.95. The Labute approximate surface area is 233 Å². The number of hydrogen-bond acceptors (Lipinski definition) is 8. The van der Waals surface area contributed by atoms with E-state index in [9.17, 15) is 21.6 Å². The molecule has 0 unspecified atom stereocenters. The Morgan fingerprint density at radius 1 is 1.05 bits per heavy atom. The molecule has 6 rings (SSSR count). The van der Waals surface area contributed by atoms with E-state index in [1.165, 1.54) is 37.4 Å². The maximum Gasteiger partial charge on any atom is 0.434 e. The molecule has 4 aromatic heterocycles. The van der Waals surface area contributed by atoms with Gasteiger partial charge in [0.15, 0.2) is 11.5 Å². The third kappa shape index (κ3) is 5.03. The second-order valence-electron chi connectivity index (χ2n) is 9.99. The van der Waals surface area contributed by atoms with E-state index in [1.54, 1.807) is 24.3 Å². The van der Waals surface area contributed by atoms with Crippen molar-refractivity contribution in [1.82, 2.24) is 33.5 Å². The van der Waals surface area contributed by atoms with Crippen molar-refractivity contribution in [1.29, 1.82) is 0 Å². The van der Waals surface area contributed by atoms with Gasteiger partial charge in [0.2, 0.25) is 15.9 Å². The van der Waals surface area contributed by atoms with E-state index < -0.39 is 21.9 Å². The first-order chi connectivity index (χ1) is 19.4. The van der Waals surface area contributed by atoms with Gasteiger partial charge in [0.05, 0.1) is 30.8 Å². The summed E-state index contributed by atoms with van der Waals surface area (Å²) in [5, 5.41) is 0. The molecule has 10 nitrogen and oxygen atoms in total. The number of benzene rings is 1. The van der Waals surface area contributed by atoms with Crippen molar-refractivity contribution in [3.63, 3.8) is 0 Å². The summed E-state index contributed by atoms with van der Waals surface area (Å²) in [5.74, 6) is 1.10. The monoisotopic (exact) mass is 583 g/mol. The van der Waals surface area contributed by atoms with Crippen LogP contribution in [0.5, 0.6) is 5.88 Å². The Kier molecular flexibility index (Phi) is 6.32. The summed E-state index contributed by atoms with van der Waals surface area (Å²) in [7, 11) is -0.666. The molecule has 0 saturated heterocycles. The van der Waals surface area contributed by atoms with Crippen LogP contribution in [0.1, 0.15) is 41.3 Å². The van der Waals surface area contributed by atoms with Gasteiger partial charge in [0, 0.05) is 42.9 Å². The molecule has 0 N–H and O–H groups in total. The molecular formula is C27H24F3N7O3S. The fourth-order valence-corrected chi connectivity index (χ4v) is 5.66. The molecule has 1 saturated carbocycles. The van der Waals surface area contributed by atoms with Crippen LogP contribution >= 0.6 is 0 Å². The molecule has 0 atom stereocenters. The fraction of sp³-hybridized carbons (Fsp3) is 0.296. The normalized spacial score (nSPS) is 14.1. The van der Waals surface area contributed by atoms with Crippen molar-refractivity contribution < 1.29 is 26.3 Å². The van der Waals surface area contributed by atoms with Crippen LogP contribution in [0.15, 0.2) is 49.2 Å². The number of aromatic nitrogens is 7. The highest BCUT2D eigenvalue weighted by Crippen LogP contribution is 2.45. The van der Waals surface area contributed by atoms with Crippen molar-refractivity contribution in [2.75, 3.05) is 13.4 Å². The van der Waals surface area contributed by atoms with Gasteiger partial charge in [-0.15, -0.1) is 0 Å². The molecule has 1 aliphatic rings. The van der Waals surface area contributed by atoms with Crippen LogP contribution in [0.25, 0.3) is 33.8 Å². The van der Waals surface area contributed by atoms with E-state index >= 15 is 0 Å². The molecule has 1 fully saturated rings. The molecule has 1 aliphatic carbocycles. The average molecular weight is 584 g/mol. The Bertz CT molecular complexity index is 1890. The van der Waals surface area contributed by atoms with Crippen LogP contribution in [0, 0.1) is 0 Å². The van der Waals surface area contributed by atoms with Gasteiger partial charge in [0.1, 0.15) is 23.2 Å². The molecular weight excluding hydrogens is 559 g/mol. The number of ether oxygens (including phenoxy) is 1.